The Morgan fingerprint density at radius 3 is 2.92 bits per heavy atom. The van der Waals surface area contributed by atoms with Gasteiger partial charge in [0.05, 0.1) is 0 Å². The van der Waals surface area contributed by atoms with E-state index in [-0.39, 0.29) is 29.7 Å². The van der Waals surface area contributed by atoms with E-state index in [1.165, 1.54) is 0 Å². The highest BCUT2D eigenvalue weighted by Gasteiger charge is 2.15. The van der Waals surface area contributed by atoms with Gasteiger partial charge in [0.25, 0.3) is 0 Å². The molecule has 1 aromatic heterocycles. The predicted octanol–water partition coefficient (Wildman–Crippen LogP) is 1.31. The van der Waals surface area contributed by atoms with Gasteiger partial charge in [-0.05, 0) is 32.4 Å². The number of hydrogen-bond donors (Lipinski definition) is 2. The van der Waals surface area contributed by atoms with Crippen molar-refractivity contribution in [3.8, 4) is 0 Å². The molecule has 1 aromatic rings. The molecule has 1 aliphatic rings. The number of guanidine groups is 1. The molecule has 0 saturated carbocycles. The van der Waals surface area contributed by atoms with Gasteiger partial charge in [0.1, 0.15) is 5.82 Å². The van der Waals surface area contributed by atoms with Crippen molar-refractivity contribution in [1.82, 2.24) is 25.0 Å². The summed E-state index contributed by atoms with van der Waals surface area (Å²) in [6.07, 6.45) is 6.04. The average Bonchev–Trinajstić information content (AvgIpc) is 2.88. The highest BCUT2D eigenvalue weighted by molar-refractivity contribution is 14.0. The van der Waals surface area contributed by atoms with Crippen molar-refractivity contribution in [2.75, 3.05) is 31.6 Å². The van der Waals surface area contributed by atoms with Crippen LogP contribution < -0.4 is 16.3 Å². The van der Waals surface area contributed by atoms with Crippen LogP contribution in [0.4, 0.5) is 0 Å². The Bertz CT molecular complexity index is 571. The number of nitrogens with one attached hydrogen (secondary N) is 2. The maximum atomic E-state index is 12.2. The molecule has 2 heterocycles. The lowest BCUT2D eigenvalue weighted by molar-refractivity contribution is 0.509. The molecule has 7 nitrogen and oxygen atoms in total. The molecule has 0 aromatic carbocycles. The highest BCUT2D eigenvalue weighted by atomic mass is 127. The molecule has 1 aliphatic heterocycles. The molecule has 9 heteroatoms. The van der Waals surface area contributed by atoms with Crippen LogP contribution in [0.15, 0.2) is 9.79 Å². The van der Waals surface area contributed by atoms with E-state index in [0.717, 1.165) is 62.9 Å². The van der Waals surface area contributed by atoms with Crippen LogP contribution in [0.25, 0.3) is 0 Å². The standard InChI is InChI=1S/C15H28N6OS.HI/c1-3-16-14(18-9-12-23-2)17-8-6-11-21-15(22)20-10-5-4-7-13(20)19-21;/h3-12H2,1-2H3,(H2,16,17,18);1H. The molecular weight excluding hydrogens is 439 g/mol. The second kappa shape index (κ2) is 11.8. The summed E-state index contributed by atoms with van der Waals surface area (Å²) < 4.78 is 3.42. The fourth-order valence-corrected chi connectivity index (χ4v) is 2.92. The van der Waals surface area contributed by atoms with Gasteiger partial charge in [0.15, 0.2) is 5.96 Å². The molecule has 0 spiro atoms. The predicted molar refractivity (Wildman–Crippen MR) is 112 cm³/mol. The number of fused-ring (bicyclic) bond motifs is 1. The number of hydrogen-bond acceptors (Lipinski definition) is 4. The summed E-state index contributed by atoms with van der Waals surface area (Å²) in [7, 11) is 0. The van der Waals surface area contributed by atoms with Crippen LogP contribution in [0.2, 0.25) is 0 Å². The maximum absolute atomic E-state index is 12.2. The number of rotatable bonds is 8. The summed E-state index contributed by atoms with van der Waals surface area (Å²) in [6.45, 7) is 5.94. The van der Waals surface area contributed by atoms with Gasteiger partial charge in [-0.15, -0.1) is 24.0 Å². The minimum Gasteiger partial charge on any atom is -0.357 e. The number of aliphatic imine (C=N–C) groups is 1. The first-order chi connectivity index (χ1) is 11.3. The first-order valence-electron chi connectivity index (χ1n) is 8.44. The molecule has 2 rings (SSSR count). The van der Waals surface area contributed by atoms with E-state index < -0.39 is 0 Å². The van der Waals surface area contributed by atoms with Crippen molar-refractivity contribution in [3.63, 3.8) is 0 Å². The van der Waals surface area contributed by atoms with Gasteiger partial charge in [-0.3, -0.25) is 9.56 Å². The number of nitrogens with zero attached hydrogens (tertiary/aromatic N) is 4. The SMILES string of the molecule is CCNC(=NCCCn1nc2n(c1=O)CCCC2)NCCSC.I. The third-order valence-electron chi connectivity index (χ3n) is 3.77. The molecule has 0 saturated heterocycles. The molecule has 138 valence electrons. The largest absolute Gasteiger partial charge is 0.357 e. The van der Waals surface area contributed by atoms with E-state index in [1.54, 1.807) is 4.68 Å². The van der Waals surface area contributed by atoms with Gasteiger partial charge in [-0.1, -0.05) is 0 Å². The molecular formula is C15H29IN6OS. The molecule has 0 radical (unpaired) electrons. The van der Waals surface area contributed by atoms with Gasteiger partial charge >= 0.3 is 5.69 Å². The molecule has 0 amide bonds. The van der Waals surface area contributed by atoms with Crippen LogP contribution in [-0.2, 0) is 19.5 Å². The third kappa shape index (κ3) is 6.30. The summed E-state index contributed by atoms with van der Waals surface area (Å²) in [5.41, 5.74) is 0.0358. The fraction of sp³-hybridized carbons (Fsp3) is 0.800. The number of aryl methyl sites for hydroxylation is 2. The fourth-order valence-electron chi connectivity index (χ4n) is 2.62. The second-order valence-electron chi connectivity index (χ2n) is 5.56. The summed E-state index contributed by atoms with van der Waals surface area (Å²) in [5, 5.41) is 11.0. The molecule has 0 atom stereocenters. The minimum atomic E-state index is 0. The quantitative estimate of drug-likeness (QED) is 0.261. The molecule has 24 heavy (non-hydrogen) atoms. The smallest absolute Gasteiger partial charge is 0.345 e. The second-order valence-corrected chi connectivity index (χ2v) is 6.55. The van der Waals surface area contributed by atoms with Crippen LogP contribution in [0, 0.1) is 0 Å². The lowest BCUT2D eigenvalue weighted by Crippen LogP contribution is -2.38. The Balaban J connectivity index is 0.00000288. The Hall–Kier alpha value is -0.710. The van der Waals surface area contributed by atoms with E-state index in [0.29, 0.717) is 13.1 Å². The van der Waals surface area contributed by atoms with E-state index >= 15 is 0 Å². The van der Waals surface area contributed by atoms with Crippen LogP contribution in [0.1, 0.15) is 32.0 Å². The van der Waals surface area contributed by atoms with Gasteiger partial charge in [0, 0.05) is 44.9 Å². The van der Waals surface area contributed by atoms with E-state index in [1.807, 2.05) is 16.3 Å². The van der Waals surface area contributed by atoms with Crippen LogP contribution in [0.3, 0.4) is 0 Å². The van der Waals surface area contributed by atoms with Crippen LogP contribution in [-0.4, -0.2) is 52.0 Å². The first-order valence-corrected chi connectivity index (χ1v) is 9.83. The molecule has 2 N–H and O–H groups in total. The number of halogens is 1. The van der Waals surface area contributed by atoms with Gasteiger partial charge in [-0.2, -0.15) is 16.9 Å². The van der Waals surface area contributed by atoms with Crippen LogP contribution in [0.5, 0.6) is 0 Å². The number of thioether (sulfide) groups is 1. The van der Waals surface area contributed by atoms with Gasteiger partial charge < -0.3 is 10.6 Å². The third-order valence-corrected chi connectivity index (χ3v) is 4.38. The average molecular weight is 468 g/mol. The van der Waals surface area contributed by atoms with Crippen LogP contribution >= 0.6 is 35.7 Å². The van der Waals surface area contributed by atoms with Crippen molar-refractivity contribution < 1.29 is 0 Å². The minimum absolute atomic E-state index is 0. The Morgan fingerprint density at radius 2 is 2.21 bits per heavy atom. The zero-order chi connectivity index (χ0) is 16.5. The Labute approximate surface area is 165 Å². The first kappa shape index (κ1) is 21.3. The van der Waals surface area contributed by atoms with Gasteiger partial charge in [-0.25, -0.2) is 9.48 Å². The zero-order valence-corrected chi connectivity index (χ0v) is 17.7. The van der Waals surface area contributed by atoms with E-state index in [4.69, 9.17) is 0 Å². The van der Waals surface area contributed by atoms with E-state index in [2.05, 4.69) is 33.9 Å². The van der Waals surface area contributed by atoms with Crippen molar-refractivity contribution in [2.24, 2.45) is 4.99 Å². The Kier molecular flexibility index (Phi) is 10.5. The zero-order valence-electron chi connectivity index (χ0n) is 14.6. The molecule has 0 aliphatic carbocycles. The van der Waals surface area contributed by atoms with Crippen molar-refractivity contribution >= 4 is 41.7 Å². The summed E-state index contributed by atoms with van der Waals surface area (Å²) in [5.74, 6) is 2.84. The van der Waals surface area contributed by atoms with E-state index in [9.17, 15) is 4.79 Å². The lowest BCUT2D eigenvalue weighted by atomic mass is 10.2. The van der Waals surface area contributed by atoms with Crippen molar-refractivity contribution in [3.05, 3.63) is 16.3 Å². The normalized spacial score (nSPS) is 14.0. The summed E-state index contributed by atoms with van der Waals surface area (Å²) in [6, 6.07) is 0. The van der Waals surface area contributed by atoms with Gasteiger partial charge in [0.2, 0.25) is 0 Å². The molecule has 0 bridgehead atoms. The number of aromatic nitrogens is 3. The molecule has 0 fully saturated rings. The van der Waals surface area contributed by atoms with Crippen molar-refractivity contribution in [2.45, 2.75) is 45.7 Å². The summed E-state index contributed by atoms with van der Waals surface area (Å²) >= 11 is 1.81. The van der Waals surface area contributed by atoms with Crippen molar-refractivity contribution in [1.29, 1.82) is 0 Å². The lowest BCUT2D eigenvalue weighted by Gasteiger charge is -2.10. The molecule has 0 unspecified atom stereocenters. The topological polar surface area (TPSA) is 76.2 Å². The highest BCUT2D eigenvalue weighted by Crippen LogP contribution is 2.09. The summed E-state index contributed by atoms with van der Waals surface area (Å²) in [4.78, 5) is 16.8. The monoisotopic (exact) mass is 468 g/mol. The Morgan fingerprint density at radius 1 is 1.38 bits per heavy atom. The maximum Gasteiger partial charge on any atom is 0.345 e.